The smallest absolute Gasteiger partial charge is 0.0456 e. The van der Waals surface area contributed by atoms with E-state index in [0.29, 0.717) is 0 Å². The predicted molar refractivity (Wildman–Crippen MR) is 51.7 cm³/mol. The van der Waals surface area contributed by atoms with Gasteiger partial charge in [-0.05, 0) is 23.9 Å². The minimum absolute atomic E-state index is 1.02. The van der Waals surface area contributed by atoms with Gasteiger partial charge in [0.05, 0.1) is 0 Å². The number of H-pyrrole nitrogens is 1. The predicted octanol–water partition coefficient (Wildman–Crippen LogP) is 2.54. The van der Waals surface area contributed by atoms with Crippen molar-refractivity contribution in [1.82, 2.24) is 4.98 Å². The normalized spacial score (nSPS) is 10.6. The van der Waals surface area contributed by atoms with Gasteiger partial charge in [-0.3, -0.25) is 0 Å². The Kier molecular flexibility index (Phi) is 1.67. The second kappa shape index (κ2) is 2.67. The van der Waals surface area contributed by atoms with Crippen LogP contribution in [-0.4, -0.2) is 4.98 Å². The minimum atomic E-state index is 1.02. The Balaban J connectivity index is 2.79. The van der Waals surface area contributed by atoms with Crippen LogP contribution in [0, 0.1) is 0 Å². The molecule has 0 fully saturated rings. The van der Waals surface area contributed by atoms with E-state index in [0.717, 1.165) is 6.16 Å². The standard InChI is InChI=1S/C9H10NP/c11-6-7-2-1-3-9-8(7)4-5-10-9/h1-5,10H,6,11H2. The summed E-state index contributed by atoms with van der Waals surface area (Å²) in [7, 11) is 2.75. The summed E-state index contributed by atoms with van der Waals surface area (Å²) in [6.07, 6.45) is 3.00. The van der Waals surface area contributed by atoms with Gasteiger partial charge in [0.25, 0.3) is 0 Å². The fourth-order valence-corrected chi connectivity index (χ4v) is 1.68. The molecule has 0 saturated heterocycles. The van der Waals surface area contributed by atoms with Crippen LogP contribution in [0.15, 0.2) is 30.5 Å². The summed E-state index contributed by atoms with van der Waals surface area (Å²) in [6.45, 7) is 0. The summed E-state index contributed by atoms with van der Waals surface area (Å²) in [5.74, 6) is 0. The van der Waals surface area contributed by atoms with Gasteiger partial charge in [0.2, 0.25) is 0 Å². The maximum absolute atomic E-state index is 3.18. The fraction of sp³-hybridized carbons (Fsp3) is 0.111. The number of nitrogens with one attached hydrogen (secondary N) is 1. The summed E-state index contributed by atoms with van der Waals surface area (Å²) in [6, 6.07) is 8.45. The van der Waals surface area contributed by atoms with E-state index in [4.69, 9.17) is 0 Å². The number of benzene rings is 1. The molecule has 0 spiro atoms. The van der Waals surface area contributed by atoms with Crippen molar-refractivity contribution in [2.75, 3.05) is 0 Å². The van der Waals surface area contributed by atoms with Crippen LogP contribution >= 0.6 is 9.24 Å². The lowest BCUT2D eigenvalue weighted by molar-refractivity contribution is 1.45. The molecule has 2 aromatic rings. The Morgan fingerprint density at radius 2 is 2.18 bits per heavy atom. The monoisotopic (exact) mass is 163 g/mol. The first kappa shape index (κ1) is 6.87. The third-order valence-electron chi connectivity index (χ3n) is 1.91. The van der Waals surface area contributed by atoms with Crippen LogP contribution in [0.5, 0.6) is 0 Å². The van der Waals surface area contributed by atoms with E-state index < -0.39 is 0 Å². The summed E-state index contributed by atoms with van der Waals surface area (Å²) in [4.78, 5) is 3.18. The fourth-order valence-electron chi connectivity index (χ4n) is 1.33. The largest absolute Gasteiger partial charge is 0.361 e. The average molecular weight is 163 g/mol. The second-order valence-corrected chi connectivity index (χ2v) is 2.97. The van der Waals surface area contributed by atoms with E-state index in [9.17, 15) is 0 Å². The first-order valence-electron chi connectivity index (χ1n) is 3.67. The molecule has 0 aliphatic rings. The van der Waals surface area contributed by atoms with Crippen LogP contribution in [0.1, 0.15) is 5.56 Å². The van der Waals surface area contributed by atoms with E-state index in [1.165, 1.54) is 16.5 Å². The molecular weight excluding hydrogens is 153 g/mol. The zero-order valence-electron chi connectivity index (χ0n) is 6.17. The van der Waals surface area contributed by atoms with Crippen molar-refractivity contribution in [2.45, 2.75) is 6.16 Å². The first-order chi connectivity index (χ1) is 5.42. The Morgan fingerprint density at radius 3 is 3.00 bits per heavy atom. The highest BCUT2D eigenvalue weighted by Gasteiger charge is 1.97. The van der Waals surface area contributed by atoms with E-state index in [2.05, 4.69) is 38.5 Å². The van der Waals surface area contributed by atoms with Crippen molar-refractivity contribution in [3.63, 3.8) is 0 Å². The molecule has 1 aromatic carbocycles. The van der Waals surface area contributed by atoms with Crippen molar-refractivity contribution in [2.24, 2.45) is 0 Å². The molecule has 11 heavy (non-hydrogen) atoms. The summed E-state index contributed by atoms with van der Waals surface area (Å²) < 4.78 is 0. The Morgan fingerprint density at radius 1 is 1.27 bits per heavy atom. The Labute approximate surface area is 68.0 Å². The van der Waals surface area contributed by atoms with E-state index in [1.54, 1.807) is 0 Å². The van der Waals surface area contributed by atoms with Crippen LogP contribution < -0.4 is 0 Å². The van der Waals surface area contributed by atoms with Gasteiger partial charge in [-0.1, -0.05) is 12.1 Å². The molecule has 0 amide bonds. The molecule has 0 aliphatic heterocycles. The van der Waals surface area contributed by atoms with Crippen molar-refractivity contribution in [1.29, 1.82) is 0 Å². The number of fused-ring (bicyclic) bond motifs is 1. The topological polar surface area (TPSA) is 15.8 Å². The lowest BCUT2D eigenvalue weighted by Crippen LogP contribution is -1.76. The molecule has 1 N–H and O–H groups in total. The molecule has 56 valence electrons. The lowest BCUT2D eigenvalue weighted by Gasteiger charge is -1.96. The highest BCUT2D eigenvalue weighted by Crippen LogP contribution is 2.19. The molecule has 1 atom stereocenters. The van der Waals surface area contributed by atoms with Crippen LogP contribution in [0.25, 0.3) is 10.9 Å². The molecule has 1 heterocycles. The molecule has 2 heteroatoms. The molecule has 1 nitrogen and oxygen atoms in total. The number of aromatic amines is 1. The van der Waals surface area contributed by atoms with Gasteiger partial charge >= 0.3 is 0 Å². The van der Waals surface area contributed by atoms with Gasteiger partial charge < -0.3 is 4.98 Å². The van der Waals surface area contributed by atoms with Crippen molar-refractivity contribution >= 4 is 20.1 Å². The number of aromatic nitrogens is 1. The van der Waals surface area contributed by atoms with Gasteiger partial charge in [0.1, 0.15) is 0 Å². The zero-order chi connectivity index (χ0) is 7.68. The molecule has 0 bridgehead atoms. The maximum atomic E-state index is 3.18. The van der Waals surface area contributed by atoms with Crippen molar-refractivity contribution in [3.05, 3.63) is 36.0 Å². The Bertz CT molecular complexity index is 364. The highest BCUT2D eigenvalue weighted by atomic mass is 31.0. The molecule has 1 unspecified atom stereocenters. The van der Waals surface area contributed by atoms with Gasteiger partial charge in [0.15, 0.2) is 0 Å². The lowest BCUT2D eigenvalue weighted by atomic mass is 10.1. The summed E-state index contributed by atoms with van der Waals surface area (Å²) in [5, 5.41) is 1.34. The van der Waals surface area contributed by atoms with Gasteiger partial charge in [0, 0.05) is 17.1 Å². The molecule has 0 radical (unpaired) electrons. The van der Waals surface area contributed by atoms with Crippen LogP contribution in [0.4, 0.5) is 0 Å². The van der Waals surface area contributed by atoms with E-state index in [-0.39, 0.29) is 0 Å². The van der Waals surface area contributed by atoms with Crippen LogP contribution in [0.3, 0.4) is 0 Å². The Hall–Kier alpha value is -0.810. The van der Waals surface area contributed by atoms with Gasteiger partial charge in [-0.25, -0.2) is 0 Å². The molecule has 0 saturated carbocycles. The van der Waals surface area contributed by atoms with Crippen molar-refractivity contribution < 1.29 is 0 Å². The SMILES string of the molecule is PCc1cccc2[nH]ccc12. The van der Waals surface area contributed by atoms with E-state index in [1.807, 2.05) is 6.20 Å². The van der Waals surface area contributed by atoms with Crippen LogP contribution in [0.2, 0.25) is 0 Å². The molecule has 2 rings (SSSR count). The molecule has 1 aromatic heterocycles. The summed E-state index contributed by atoms with van der Waals surface area (Å²) >= 11 is 0. The zero-order valence-corrected chi connectivity index (χ0v) is 7.33. The molecular formula is C9H10NP. The van der Waals surface area contributed by atoms with Crippen molar-refractivity contribution in [3.8, 4) is 0 Å². The first-order valence-corrected chi connectivity index (χ1v) is 4.48. The maximum Gasteiger partial charge on any atom is 0.0456 e. The molecule has 0 aliphatic carbocycles. The quantitative estimate of drug-likeness (QED) is 0.622. The summed E-state index contributed by atoms with van der Waals surface area (Å²) in [5.41, 5.74) is 2.61. The highest BCUT2D eigenvalue weighted by molar-refractivity contribution is 7.15. The van der Waals surface area contributed by atoms with E-state index >= 15 is 0 Å². The minimum Gasteiger partial charge on any atom is -0.361 e. The number of rotatable bonds is 1. The third-order valence-corrected chi connectivity index (χ3v) is 2.34. The van der Waals surface area contributed by atoms with Gasteiger partial charge in [-0.2, -0.15) is 0 Å². The van der Waals surface area contributed by atoms with Gasteiger partial charge in [-0.15, -0.1) is 9.24 Å². The number of hydrogen-bond acceptors (Lipinski definition) is 0. The number of hydrogen-bond donors (Lipinski definition) is 1. The third kappa shape index (κ3) is 1.06. The average Bonchev–Trinajstić information content (AvgIpc) is 2.50. The second-order valence-electron chi connectivity index (χ2n) is 2.56. The van der Waals surface area contributed by atoms with Crippen LogP contribution in [-0.2, 0) is 6.16 Å².